The van der Waals surface area contributed by atoms with Gasteiger partial charge in [0.1, 0.15) is 12.4 Å². The lowest BCUT2D eigenvalue weighted by atomic mass is 10.3. The van der Waals surface area contributed by atoms with Crippen molar-refractivity contribution in [1.29, 1.82) is 0 Å². The van der Waals surface area contributed by atoms with Gasteiger partial charge >= 0.3 is 5.97 Å². The van der Waals surface area contributed by atoms with E-state index in [1.807, 2.05) is 0 Å². The molecule has 2 heterocycles. The van der Waals surface area contributed by atoms with Crippen molar-refractivity contribution in [3.63, 3.8) is 0 Å². The van der Waals surface area contributed by atoms with Gasteiger partial charge in [-0.05, 0) is 13.8 Å². The molecular formula is C16H20N2O5S. The summed E-state index contributed by atoms with van der Waals surface area (Å²) < 4.78 is 16.8. The second-order valence-electron chi connectivity index (χ2n) is 4.95. The molecule has 0 aromatic carbocycles. The number of ether oxygens (including phenoxy) is 3. The average Bonchev–Trinajstić information content (AvgIpc) is 2.95. The third-order valence-electron chi connectivity index (χ3n) is 3.11. The molecule has 0 saturated carbocycles. The molecule has 24 heavy (non-hydrogen) atoms. The third-order valence-corrected chi connectivity index (χ3v) is 3.98. The summed E-state index contributed by atoms with van der Waals surface area (Å²) in [5.41, 5.74) is 1.05. The van der Waals surface area contributed by atoms with Crippen LogP contribution in [0, 0.1) is 6.92 Å². The van der Waals surface area contributed by atoms with E-state index >= 15 is 0 Å². The monoisotopic (exact) mass is 352 g/mol. The Balaban J connectivity index is 2.18. The van der Waals surface area contributed by atoms with Crippen molar-refractivity contribution in [1.82, 2.24) is 9.55 Å². The Kier molecular flexibility index (Phi) is 6.51. The van der Waals surface area contributed by atoms with Gasteiger partial charge in [0.05, 0.1) is 25.3 Å². The Morgan fingerprint density at radius 3 is 2.79 bits per heavy atom. The number of esters is 1. The molecule has 2 rings (SSSR count). The molecule has 0 fully saturated rings. The Hall–Kier alpha value is -2.19. The summed E-state index contributed by atoms with van der Waals surface area (Å²) in [4.78, 5) is 28.2. The van der Waals surface area contributed by atoms with Gasteiger partial charge in [0.15, 0.2) is 5.13 Å². The molecular weight excluding hydrogens is 332 g/mol. The van der Waals surface area contributed by atoms with Gasteiger partial charge in [-0.1, -0.05) is 0 Å². The molecule has 0 radical (unpaired) electrons. The summed E-state index contributed by atoms with van der Waals surface area (Å²) >= 11 is 1.30. The summed E-state index contributed by atoms with van der Waals surface area (Å²) in [6.45, 7) is 4.71. The second-order valence-corrected chi connectivity index (χ2v) is 5.79. The number of carbonyl (C=O) groups excluding carboxylic acids is 1. The summed E-state index contributed by atoms with van der Waals surface area (Å²) in [6.07, 6.45) is 0.0936. The molecule has 0 spiro atoms. The van der Waals surface area contributed by atoms with E-state index in [-0.39, 0.29) is 17.9 Å². The Bertz CT molecular complexity index is 753. The first-order valence-corrected chi connectivity index (χ1v) is 8.39. The van der Waals surface area contributed by atoms with Crippen LogP contribution >= 0.6 is 11.3 Å². The maximum absolute atomic E-state index is 12.4. The number of hydrogen-bond donors (Lipinski definition) is 0. The van der Waals surface area contributed by atoms with Crippen LogP contribution in [-0.4, -0.2) is 42.5 Å². The summed E-state index contributed by atoms with van der Waals surface area (Å²) in [6, 6.07) is 3.18. The molecule has 0 aliphatic heterocycles. The summed E-state index contributed by atoms with van der Waals surface area (Å²) in [5.74, 6) is 0.161. The van der Waals surface area contributed by atoms with E-state index in [1.165, 1.54) is 22.0 Å². The Morgan fingerprint density at radius 2 is 2.12 bits per heavy atom. The fourth-order valence-electron chi connectivity index (χ4n) is 2.08. The number of thiazole rings is 1. The molecule has 2 aromatic rings. The van der Waals surface area contributed by atoms with E-state index < -0.39 is 0 Å². The van der Waals surface area contributed by atoms with Crippen molar-refractivity contribution in [3.8, 4) is 10.9 Å². The molecule has 0 aliphatic carbocycles. The van der Waals surface area contributed by atoms with Crippen LogP contribution in [0.2, 0.25) is 0 Å². The lowest BCUT2D eigenvalue weighted by Crippen LogP contribution is -2.20. The quantitative estimate of drug-likeness (QED) is 0.532. The smallest absolute Gasteiger partial charge is 0.311 e. The van der Waals surface area contributed by atoms with Crippen molar-refractivity contribution in [3.05, 3.63) is 39.3 Å². The Morgan fingerprint density at radius 1 is 1.33 bits per heavy atom. The fraction of sp³-hybridized carbons (Fsp3) is 0.438. The number of aryl methyl sites for hydroxylation is 1. The highest BCUT2D eigenvalue weighted by atomic mass is 32.1. The maximum Gasteiger partial charge on any atom is 0.311 e. The zero-order valence-corrected chi connectivity index (χ0v) is 14.7. The molecule has 0 amide bonds. The van der Waals surface area contributed by atoms with Gasteiger partial charge < -0.3 is 14.2 Å². The molecule has 8 heteroatoms. The molecule has 0 unspecified atom stereocenters. The van der Waals surface area contributed by atoms with Crippen LogP contribution in [-0.2, 0) is 20.7 Å². The number of methoxy groups -OCH3 is 1. The van der Waals surface area contributed by atoms with Gasteiger partial charge in [0, 0.05) is 30.3 Å². The van der Waals surface area contributed by atoms with E-state index in [4.69, 9.17) is 14.2 Å². The first-order chi connectivity index (χ1) is 11.5. The number of rotatable bonds is 8. The normalized spacial score (nSPS) is 10.6. The highest BCUT2D eigenvalue weighted by molar-refractivity contribution is 7.12. The first kappa shape index (κ1) is 18.2. The number of pyridine rings is 1. The molecule has 2 aromatic heterocycles. The molecule has 0 aliphatic rings. The van der Waals surface area contributed by atoms with Crippen molar-refractivity contribution in [2.45, 2.75) is 20.3 Å². The predicted molar refractivity (Wildman–Crippen MR) is 90.2 cm³/mol. The predicted octanol–water partition coefficient (Wildman–Crippen LogP) is 1.73. The highest BCUT2D eigenvalue weighted by Crippen LogP contribution is 2.18. The van der Waals surface area contributed by atoms with Crippen LogP contribution in [0.1, 0.15) is 18.3 Å². The van der Waals surface area contributed by atoms with Gasteiger partial charge in [-0.3, -0.25) is 14.2 Å². The average molecular weight is 352 g/mol. The Labute approximate surface area is 143 Å². The highest BCUT2D eigenvalue weighted by Gasteiger charge is 2.13. The van der Waals surface area contributed by atoms with E-state index in [2.05, 4.69) is 4.98 Å². The minimum absolute atomic E-state index is 0.0936. The van der Waals surface area contributed by atoms with Crippen molar-refractivity contribution < 1.29 is 19.0 Å². The van der Waals surface area contributed by atoms with Gasteiger partial charge in [-0.2, -0.15) is 0 Å². The standard InChI is InChI=1S/C16H20N2O5S/c1-4-22-15(20)8-12-10-24-16(17-12)18-11(2)7-13(9-14(18)19)23-6-5-21-3/h7,9-10H,4-6,8H2,1-3H3. The van der Waals surface area contributed by atoms with Crippen molar-refractivity contribution in [2.75, 3.05) is 26.9 Å². The molecule has 0 saturated heterocycles. The summed E-state index contributed by atoms with van der Waals surface area (Å²) in [7, 11) is 1.59. The molecule has 130 valence electrons. The SMILES string of the molecule is CCOC(=O)Cc1csc(-n2c(C)cc(OCCOC)cc2=O)n1. The maximum atomic E-state index is 12.4. The number of nitrogens with zero attached hydrogens (tertiary/aromatic N) is 2. The molecule has 0 atom stereocenters. The van der Waals surface area contributed by atoms with Crippen molar-refractivity contribution in [2.24, 2.45) is 0 Å². The zero-order valence-electron chi connectivity index (χ0n) is 13.9. The fourth-order valence-corrected chi connectivity index (χ4v) is 2.97. The largest absolute Gasteiger partial charge is 0.491 e. The minimum Gasteiger partial charge on any atom is -0.491 e. The topological polar surface area (TPSA) is 79.6 Å². The van der Waals surface area contributed by atoms with E-state index in [0.717, 1.165) is 0 Å². The second kappa shape index (κ2) is 8.60. The minimum atomic E-state index is -0.333. The molecule has 7 nitrogen and oxygen atoms in total. The molecule has 0 bridgehead atoms. The van der Waals surface area contributed by atoms with E-state index in [9.17, 15) is 9.59 Å². The first-order valence-electron chi connectivity index (χ1n) is 7.51. The van der Waals surface area contributed by atoms with E-state index in [0.29, 0.717) is 42.1 Å². The van der Waals surface area contributed by atoms with Gasteiger partial charge in [0.2, 0.25) is 0 Å². The number of carbonyl (C=O) groups is 1. The van der Waals surface area contributed by atoms with Gasteiger partial charge in [-0.15, -0.1) is 11.3 Å². The van der Waals surface area contributed by atoms with Crippen LogP contribution in [0.25, 0.3) is 5.13 Å². The van der Waals surface area contributed by atoms with Crippen LogP contribution in [0.5, 0.6) is 5.75 Å². The lowest BCUT2D eigenvalue weighted by molar-refractivity contribution is -0.142. The van der Waals surface area contributed by atoms with Crippen LogP contribution < -0.4 is 10.3 Å². The number of hydrogen-bond acceptors (Lipinski definition) is 7. The van der Waals surface area contributed by atoms with Crippen LogP contribution in [0.3, 0.4) is 0 Å². The zero-order chi connectivity index (χ0) is 17.5. The van der Waals surface area contributed by atoms with Gasteiger partial charge in [-0.25, -0.2) is 4.98 Å². The summed E-state index contributed by atoms with van der Waals surface area (Å²) in [5, 5.41) is 2.27. The van der Waals surface area contributed by atoms with Crippen molar-refractivity contribution >= 4 is 17.3 Å². The molecule has 0 N–H and O–H groups in total. The van der Waals surface area contributed by atoms with E-state index in [1.54, 1.807) is 32.4 Å². The lowest BCUT2D eigenvalue weighted by Gasteiger charge is -2.10. The van der Waals surface area contributed by atoms with Crippen LogP contribution in [0.4, 0.5) is 0 Å². The third kappa shape index (κ3) is 4.65. The van der Waals surface area contributed by atoms with Gasteiger partial charge in [0.25, 0.3) is 5.56 Å². The number of aromatic nitrogens is 2. The van der Waals surface area contributed by atoms with Crippen LogP contribution in [0.15, 0.2) is 22.3 Å².